The number of para-hydroxylation sites is 1. The number of anilines is 1. The molecule has 1 aromatic rings. The Bertz CT molecular complexity index is 1190. The maximum atomic E-state index is 14.5. The fourth-order valence-corrected chi connectivity index (χ4v) is 7.84. The van der Waals surface area contributed by atoms with Gasteiger partial charge in [-0.15, -0.1) is 0 Å². The summed E-state index contributed by atoms with van der Waals surface area (Å²) in [6, 6.07) is 8.09. The summed E-state index contributed by atoms with van der Waals surface area (Å²) in [6.45, 7) is 4.29. The zero-order valence-electron chi connectivity index (χ0n) is 22.9. The molecule has 4 aliphatic heterocycles. The minimum atomic E-state index is -1.29. The van der Waals surface area contributed by atoms with Gasteiger partial charge in [0, 0.05) is 24.8 Å². The molecular formula is C31H39N3O5. The Morgan fingerprint density at radius 1 is 0.949 bits per heavy atom. The van der Waals surface area contributed by atoms with E-state index in [-0.39, 0.29) is 30.4 Å². The van der Waals surface area contributed by atoms with Crippen LogP contribution >= 0.6 is 0 Å². The molecule has 3 amide bonds. The highest BCUT2D eigenvalue weighted by Gasteiger charge is 2.75. The van der Waals surface area contributed by atoms with Gasteiger partial charge in [0.1, 0.15) is 11.6 Å². The van der Waals surface area contributed by atoms with Crippen LogP contribution < -0.4 is 4.90 Å². The second-order valence-corrected chi connectivity index (χ2v) is 11.8. The number of amides is 3. The second kappa shape index (κ2) is 9.89. The second-order valence-electron chi connectivity index (χ2n) is 11.8. The first-order chi connectivity index (χ1) is 18.9. The van der Waals surface area contributed by atoms with Gasteiger partial charge < -0.3 is 24.5 Å². The van der Waals surface area contributed by atoms with Gasteiger partial charge in [-0.3, -0.25) is 14.4 Å². The standard InChI is InChI=1S/C31H39N3O5/c1-3-30-16-10-18-32(22-12-6-4-7-13-22)27(36)24(30)25-28(37)34(21(2)20-35)26-29(38)33(23-14-8-5-9-15-23)19-11-17-31(25,26)39-30/h4,6-7,10-13,16-17,21,23-26,35H,3,5,8-9,14-15,18-20H2,1-2H3/t21-,24+,25+,26?,30-,31+/m1/s1. The molecule has 8 nitrogen and oxygen atoms in total. The molecule has 1 saturated carbocycles. The predicted octanol–water partition coefficient (Wildman–Crippen LogP) is 3.06. The lowest BCUT2D eigenvalue weighted by atomic mass is 9.73. The van der Waals surface area contributed by atoms with Gasteiger partial charge in [-0.05, 0) is 38.3 Å². The first-order valence-corrected chi connectivity index (χ1v) is 14.5. The van der Waals surface area contributed by atoms with Crippen molar-refractivity contribution in [3.05, 3.63) is 54.6 Å². The molecule has 1 N–H and O–H groups in total. The van der Waals surface area contributed by atoms with Gasteiger partial charge >= 0.3 is 0 Å². The molecule has 3 fully saturated rings. The van der Waals surface area contributed by atoms with Crippen LogP contribution in [-0.4, -0.2) is 81.7 Å². The van der Waals surface area contributed by atoms with Gasteiger partial charge in [0.05, 0.1) is 30.1 Å². The summed E-state index contributed by atoms with van der Waals surface area (Å²) < 4.78 is 7.02. The number of hydrogen-bond acceptors (Lipinski definition) is 5. The Hall–Kier alpha value is -2.97. The number of aliphatic hydroxyl groups excluding tert-OH is 1. The van der Waals surface area contributed by atoms with Crippen molar-refractivity contribution in [2.24, 2.45) is 11.8 Å². The molecule has 8 heteroatoms. The molecule has 208 valence electrons. The Labute approximate surface area is 230 Å². The highest BCUT2D eigenvalue weighted by atomic mass is 16.5. The van der Waals surface area contributed by atoms with E-state index < -0.39 is 35.1 Å². The van der Waals surface area contributed by atoms with Gasteiger partial charge in [0.15, 0.2) is 0 Å². The number of likely N-dealkylation sites (tertiary alicyclic amines) is 1. The van der Waals surface area contributed by atoms with Gasteiger partial charge in [-0.2, -0.15) is 0 Å². The van der Waals surface area contributed by atoms with E-state index in [4.69, 9.17) is 4.74 Å². The summed E-state index contributed by atoms with van der Waals surface area (Å²) in [5, 5.41) is 10.2. The number of fused-ring (bicyclic) bond motifs is 2. The molecule has 1 unspecified atom stereocenters. The molecule has 0 radical (unpaired) electrons. The van der Waals surface area contributed by atoms with E-state index in [9.17, 15) is 19.5 Å². The van der Waals surface area contributed by atoms with Crippen molar-refractivity contribution >= 4 is 23.4 Å². The number of rotatable bonds is 5. The van der Waals surface area contributed by atoms with Crippen molar-refractivity contribution in [3.63, 3.8) is 0 Å². The molecule has 0 bridgehead atoms. The van der Waals surface area contributed by atoms with Crippen LogP contribution in [0.25, 0.3) is 0 Å². The first kappa shape index (κ1) is 26.3. The molecule has 4 heterocycles. The molecule has 5 aliphatic rings. The van der Waals surface area contributed by atoms with Crippen molar-refractivity contribution < 1.29 is 24.2 Å². The number of carbonyl (C=O) groups excluding carboxylic acids is 3. The van der Waals surface area contributed by atoms with E-state index in [1.54, 1.807) is 11.8 Å². The van der Waals surface area contributed by atoms with Gasteiger partial charge in [-0.25, -0.2) is 0 Å². The molecule has 1 aliphatic carbocycles. The zero-order chi connectivity index (χ0) is 27.4. The lowest BCUT2D eigenvalue weighted by molar-refractivity contribution is -0.156. The van der Waals surface area contributed by atoms with E-state index in [1.807, 2.05) is 66.5 Å². The third-order valence-electron chi connectivity index (χ3n) is 9.73. The lowest BCUT2D eigenvalue weighted by Crippen LogP contribution is -2.59. The lowest BCUT2D eigenvalue weighted by Gasteiger charge is -2.42. The number of benzene rings is 1. The minimum Gasteiger partial charge on any atom is -0.394 e. The molecule has 6 rings (SSSR count). The van der Waals surface area contributed by atoms with Gasteiger partial charge in [-0.1, -0.05) is 68.7 Å². The molecule has 39 heavy (non-hydrogen) atoms. The van der Waals surface area contributed by atoms with Gasteiger partial charge in [0.25, 0.3) is 0 Å². The van der Waals surface area contributed by atoms with Crippen LogP contribution in [0.1, 0.15) is 52.4 Å². The SMILES string of the molecule is CC[C@@]12C=CCN(c3ccccc3)C(=O)[C@@H]1[C@H]1C(=O)N([C@H](C)CO)C3C(=O)N(C4CCCCC4)CC=C[C@@]31O2. The Balaban J connectivity index is 1.48. The average molecular weight is 534 g/mol. The van der Waals surface area contributed by atoms with E-state index in [2.05, 4.69) is 0 Å². The monoisotopic (exact) mass is 533 g/mol. The Kier molecular flexibility index (Phi) is 6.66. The number of carbonyl (C=O) groups is 3. The predicted molar refractivity (Wildman–Crippen MR) is 147 cm³/mol. The summed E-state index contributed by atoms with van der Waals surface area (Å²) in [5.74, 6) is -2.27. The van der Waals surface area contributed by atoms with E-state index in [0.29, 0.717) is 19.5 Å². The van der Waals surface area contributed by atoms with Crippen molar-refractivity contribution in [2.45, 2.75) is 81.7 Å². The molecule has 6 atom stereocenters. The van der Waals surface area contributed by atoms with Crippen LogP contribution in [0, 0.1) is 11.8 Å². The summed E-state index contributed by atoms with van der Waals surface area (Å²) in [5.41, 5.74) is -1.54. The first-order valence-electron chi connectivity index (χ1n) is 14.5. The van der Waals surface area contributed by atoms with E-state index in [1.165, 1.54) is 11.3 Å². The van der Waals surface area contributed by atoms with E-state index >= 15 is 0 Å². The molecule has 0 aromatic heterocycles. The number of hydrogen-bond donors (Lipinski definition) is 1. The van der Waals surface area contributed by atoms with Crippen LogP contribution in [0.5, 0.6) is 0 Å². The molecular weight excluding hydrogens is 494 g/mol. The third kappa shape index (κ3) is 3.82. The smallest absolute Gasteiger partial charge is 0.249 e. The van der Waals surface area contributed by atoms with Gasteiger partial charge in [0.2, 0.25) is 17.7 Å². The fraction of sp³-hybridized carbons (Fsp3) is 0.581. The van der Waals surface area contributed by atoms with Crippen LogP contribution in [-0.2, 0) is 19.1 Å². The normalized spacial score (nSPS) is 35.5. The third-order valence-corrected chi connectivity index (χ3v) is 9.73. The Morgan fingerprint density at radius 3 is 2.36 bits per heavy atom. The fourth-order valence-electron chi connectivity index (χ4n) is 7.84. The molecule has 1 spiro atoms. The van der Waals surface area contributed by atoms with Crippen LogP contribution in [0.2, 0.25) is 0 Å². The van der Waals surface area contributed by atoms with Crippen LogP contribution in [0.4, 0.5) is 5.69 Å². The number of ether oxygens (including phenoxy) is 1. The topological polar surface area (TPSA) is 90.4 Å². The maximum Gasteiger partial charge on any atom is 0.249 e. The van der Waals surface area contributed by atoms with Crippen LogP contribution in [0.15, 0.2) is 54.6 Å². The average Bonchev–Trinajstić information content (AvgIpc) is 3.26. The number of aliphatic hydroxyl groups is 1. The Morgan fingerprint density at radius 2 is 1.67 bits per heavy atom. The molecule has 1 aromatic carbocycles. The quantitative estimate of drug-likeness (QED) is 0.588. The van der Waals surface area contributed by atoms with E-state index in [0.717, 1.165) is 31.4 Å². The minimum absolute atomic E-state index is 0.119. The summed E-state index contributed by atoms with van der Waals surface area (Å²) in [4.78, 5) is 48.5. The zero-order valence-corrected chi connectivity index (χ0v) is 22.9. The largest absolute Gasteiger partial charge is 0.394 e. The molecule has 2 saturated heterocycles. The highest BCUT2D eigenvalue weighted by Crippen LogP contribution is 2.59. The number of nitrogens with zero attached hydrogens (tertiary/aromatic N) is 3. The maximum absolute atomic E-state index is 14.5. The van der Waals surface area contributed by atoms with Crippen molar-refractivity contribution in [1.82, 2.24) is 9.80 Å². The summed E-state index contributed by atoms with van der Waals surface area (Å²) in [7, 11) is 0. The van der Waals surface area contributed by atoms with Crippen molar-refractivity contribution in [1.29, 1.82) is 0 Å². The van der Waals surface area contributed by atoms with Crippen molar-refractivity contribution in [2.75, 3.05) is 24.6 Å². The summed E-state index contributed by atoms with van der Waals surface area (Å²) in [6.07, 6.45) is 13.5. The van der Waals surface area contributed by atoms with Crippen molar-refractivity contribution in [3.8, 4) is 0 Å². The van der Waals surface area contributed by atoms with Crippen LogP contribution in [0.3, 0.4) is 0 Å². The highest BCUT2D eigenvalue weighted by molar-refractivity contribution is 6.04. The summed E-state index contributed by atoms with van der Waals surface area (Å²) >= 11 is 0.